The second kappa shape index (κ2) is 7.92. The van der Waals surface area contributed by atoms with Crippen molar-refractivity contribution in [3.8, 4) is 11.5 Å². The molecule has 1 aliphatic rings. The van der Waals surface area contributed by atoms with Crippen LogP contribution in [0.4, 0.5) is 4.79 Å². The highest BCUT2D eigenvalue weighted by molar-refractivity contribution is 14.1. The molecule has 9 nitrogen and oxygen atoms in total. The van der Waals surface area contributed by atoms with Crippen LogP contribution in [-0.4, -0.2) is 42.1 Å². The van der Waals surface area contributed by atoms with E-state index in [1.807, 2.05) is 22.6 Å². The maximum Gasteiger partial charge on any atom is 0.373 e. The van der Waals surface area contributed by atoms with Gasteiger partial charge < -0.3 is 24.3 Å². The zero-order valence-electron chi connectivity index (χ0n) is 14.8. The lowest BCUT2D eigenvalue weighted by atomic mass is 10.1. The van der Waals surface area contributed by atoms with Crippen molar-refractivity contribution in [1.82, 2.24) is 10.2 Å². The lowest BCUT2D eigenvalue weighted by molar-refractivity contribution is -0.123. The molecule has 1 aliphatic heterocycles. The highest BCUT2D eigenvalue weighted by Gasteiger charge is 2.34. The SMILES string of the molecule is COC(=O)c1ccc(CN2C(=O)NC(=Cc3cc(I)c(O)c(OC)c3)C2=O)o1. The molecule has 0 bridgehead atoms. The highest BCUT2D eigenvalue weighted by Crippen LogP contribution is 2.33. The van der Waals surface area contributed by atoms with Gasteiger partial charge in [-0.3, -0.25) is 9.69 Å². The number of phenols is 1. The fraction of sp³-hybridized carbons (Fsp3) is 0.167. The topological polar surface area (TPSA) is 118 Å². The van der Waals surface area contributed by atoms with E-state index in [2.05, 4.69) is 10.1 Å². The Bertz CT molecular complexity index is 996. The number of rotatable bonds is 5. The van der Waals surface area contributed by atoms with Gasteiger partial charge in [0.15, 0.2) is 11.5 Å². The summed E-state index contributed by atoms with van der Waals surface area (Å²) in [7, 11) is 2.64. The fourth-order valence-corrected chi connectivity index (χ4v) is 3.17. The molecule has 1 fully saturated rings. The third-order valence-electron chi connectivity index (χ3n) is 3.91. The minimum absolute atomic E-state index is 0.00658. The fourth-order valence-electron chi connectivity index (χ4n) is 2.54. The Hall–Kier alpha value is -3.02. The number of esters is 1. The van der Waals surface area contributed by atoms with E-state index in [1.165, 1.54) is 32.4 Å². The molecular weight excluding hydrogens is 483 g/mol. The van der Waals surface area contributed by atoms with E-state index in [4.69, 9.17) is 9.15 Å². The number of aromatic hydroxyl groups is 1. The molecule has 0 aliphatic carbocycles. The number of imide groups is 1. The second-order valence-corrected chi connectivity index (χ2v) is 6.85. The van der Waals surface area contributed by atoms with Crippen LogP contribution in [0.3, 0.4) is 0 Å². The maximum atomic E-state index is 12.6. The summed E-state index contributed by atoms with van der Waals surface area (Å²) in [6, 6.07) is 5.46. The van der Waals surface area contributed by atoms with Crippen LogP contribution in [0.15, 0.2) is 34.4 Å². The zero-order valence-corrected chi connectivity index (χ0v) is 17.0. The van der Waals surface area contributed by atoms with Gasteiger partial charge in [0.25, 0.3) is 5.91 Å². The molecule has 0 saturated carbocycles. The number of halogens is 1. The smallest absolute Gasteiger partial charge is 0.373 e. The Morgan fingerprint density at radius 2 is 2.07 bits per heavy atom. The first kappa shape index (κ1) is 19.7. The number of ether oxygens (including phenoxy) is 2. The Balaban J connectivity index is 1.82. The standard InChI is InChI=1S/C18H15IN2O7/c1-26-14-7-9(5-11(19)15(14)22)6-12-16(23)21(18(25)20-12)8-10-3-4-13(28-10)17(24)27-2/h3-7,22H,8H2,1-2H3,(H,20,25). The van der Waals surface area contributed by atoms with Crippen molar-refractivity contribution in [3.63, 3.8) is 0 Å². The lowest BCUT2D eigenvalue weighted by Crippen LogP contribution is -2.30. The molecule has 1 aromatic carbocycles. The number of hydrogen-bond donors (Lipinski definition) is 2. The molecule has 0 spiro atoms. The quantitative estimate of drug-likeness (QED) is 0.282. The van der Waals surface area contributed by atoms with Crippen molar-refractivity contribution < 1.29 is 33.4 Å². The van der Waals surface area contributed by atoms with Crippen LogP contribution >= 0.6 is 22.6 Å². The van der Waals surface area contributed by atoms with Gasteiger partial charge in [0.05, 0.1) is 24.3 Å². The molecule has 2 N–H and O–H groups in total. The molecule has 0 atom stereocenters. The summed E-state index contributed by atoms with van der Waals surface area (Å²) in [4.78, 5) is 37.2. The van der Waals surface area contributed by atoms with E-state index in [0.29, 0.717) is 9.13 Å². The predicted molar refractivity (Wildman–Crippen MR) is 104 cm³/mol. The summed E-state index contributed by atoms with van der Waals surface area (Å²) >= 11 is 1.93. The molecule has 10 heteroatoms. The lowest BCUT2D eigenvalue weighted by Gasteiger charge is -2.09. The summed E-state index contributed by atoms with van der Waals surface area (Å²) in [6.07, 6.45) is 1.48. The Morgan fingerprint density at radius 3 is 2.75 bits per heavy atom. The van der Waals surface area contributed by atoms with Crippen molar-refractivity contribution in [2.75, 3.05) is 14.2 Å². The van der Waals surface area contributed by atoms with E-state index in [-0.39, 0.29) is 35.3 Å². The molecule has 1 saturated heterocycles. The normalized spacial score (nSPS) is 15.1. The van der Waals surface area contributed by atoms with Crippen molar-refractivity contribution in [2.45, 2.75) is 6.54 Å². The number of carbonyl (C=O) groups is 3. The van der Waals surface area contributed by atoms with Crippen LogP contribution in [0.1, 0.15) is 21.9 Å². The van der Waals surface area contributed by atoms with Crippen LogP contribution < -0.4 is 10.1 Å². The van der Waals surface area contributed by atoms with Crippen molar-refractivity contribution >= 4 is 46.6 Å². The molecular formula is C18H15IN2O7. The molecule has 0 unspecified atom stereocenters. The Morgan fingerprint density at radius 1 is 1.32 bits per heavy atom. The number of nitrogens with one attached hydrogen (secondary N) is 1. The molecule has 28 heavy (non-hydrogen) atoms. The molecule has 2 aromatic rings. The van der Waals surface area contributed by atoms with Gasteiger partial charge in [-0.1, -0.05) is 0 Å². The number of phenolic OH excluding ortho intramolecular Hbond substituents is 1. The number of nitrogens with zero attached hydrogens (tertiary/aromatic N) is 1. The monoisotopic (exact) mass is 498 g/mol. The van der Waals surface area contributed by atoms with Crippen molar-refractivity contribution in [1.29, 1.82) is 0 Å². The van der Waals surface area contributed by atoms with Gasteiger partial charge in [-0.15, -0.1) is 0 Å². The highest BCUT2D eigenvalue weighted by atomic mass is 127. The third kappa shape index (κ3) is 3.81. The van der Waals surface area contributed by atoms with Crippen molar-refractivity contribution in [3.05, 3.63) is 50.6 Å². The number of carbonyl (C=O) groups excluding carboxylic acids is 3. The number of benzene rings is 1. The first-order valence-electron chi connectivity index (χ1n) is 7.92. The largest absolute Gasteiger partial charge is 0.504 e. The van der Waals surface area contributed by atoms with E-state index in [1.54, 1.807) is 12.1 Å². The van der Waals surface area contributed by atoms with Gasteiger partial charge in [-0.05, 0) is 58.5 Å². The average molecular weight is 498 g/mol. The number of hydrogen-bond acceptors (Lipinski definition) is 7. The molecule has 3 rings (SSSR count). The summed E-state index contributed by atoms with van der Waals surface area (Å²) in [5.74, 6) is -0.730. The summed E-state index contributed by atoms with van der Waals surface area (Å²) in [6.45, 7) is -0.143. The summed E-state index contributed by atoms with van der Waals surface area (Å²) in [5, 5.41) is 12.4. The van der Waals surface area contributed by atoms with Gasteiger partial charge in [0.2, 0.25) is 5.76 Å². The molecule has 3 amide bonds. The van der Waals surface area contributed by atoms with Gasteiger partial charge >= 0.3 is 12.0 Å². The van der Waals surface area contributed by atoms with E-state index >= 15 is 0 Å². The van der Waals surface area contributed by atoms with Gasteiger partial charge in [-0.2, -0.15) is 0 Å². The number of methoxy groups -OCH3 is 2. The van der Waals surface area contributed by atoms with Gasteiger partial charge in [0.1, 0.15) is 11.5 Å². The molecule has 2 heterocycles. The van der Waals surface area contributed by atoms with E-state index in [0.717, 1.165) is 4.90 Å². The van der Waals surface area contributed by atoms with Crippen molar-refractivity contribution in [2.24, 2.45) is 0 Å². The first-order valence-corrected chi connectivity index (χ1v) is 9.00. The van der Waals surface area contributed by atoms with Crippen LogP contribution in [0.5, 0.6) is 11.5 Å². The summed E-state index contributed by atoms with van der Waals surface area (Å²) in [5.41, 5.74) is 0.629. The number of furan rings is 1. The van der Waals surface area contributed by atoms with Crippen LogP contribution in [-0.2, 0) is 16.1 Å². The molecule has 0 radical (unpaired) electrons. The molecule has 1 aromatic heterocycles. The number of amides is 3. The van der Waals surface area contributed by atoms with Gasteiger partial charge in [-0.25, -0.2) is 9.59 Å². The zero-order chi connectivity index (χ0) is 20.4. The number of urea groups is 1. The van der Waals surface area contributed by atoms with Crippen LogP contribution in [0.2, 0.25) is 0 Å². The van der Waals surface area contributed by atoms with E-state index < -0.39 is 17.9 Å². The maximum absolute atomic E-state index is 12.6. The van der Waals surface area contributed by atoms with Gasteiger partial charge in [0, 0.05) is 0 Å². The third-order valence-corrected chi connectivity index (χ3v) is 4.73. The predicted octanol–water partition coefficient (Wildman–Crippen LogP) is 2.48. The Kier molecular flexibility index (Phi) is 5.58. The van der Waals surface area contributed by atoms with E-state index in [9.17, 15) is 19.5 Å². The Labute approximate surface area is 173 Å². The second-order valence-electron chi connectivity index (χ2n) is 5.69. The van der Waals surface area contributed by atoms with Crippen LogP contribution in [0.25, 0.3) is 6.08 Å². The van der Waals surface area contributed by atoms with Crippen LogP contribution in [0, 0.1) is 3.57 Å². The average Bonchev–Trinajstić information content (AvgIpc) is 3.24. The first-order chi connectivity index (χ1) is 13.3. The summed E-state index contributed by atoms with van der Waals surface area (Å²) < 4.78 is 15.5. The molecule has 146 valence electrons. The minimum atomic E-state index is -0.653. The minimum Gasteiger partial charge on any atom is -0.504 e.